The van der Waals surface area contributed by atoms with Gasteiger partial charge in [-0.1, -0.05) is 11.6 Å². The predicted octanol–water partition coefficient (Wildman–Crippen LogP) is 2.57. The molecule has 0 aromatic carbocycles. The third-order valence-electron chi connectivity index (χ3n) is 1.70. The van der Waals surface area contributed by atoms with Crippen LogP contribution in [0.25, 0.3) is 0 Å². The second kappa shape index (κ2) is 3.90. The van der Waals surface area contributed by atoms with Crippen molar-refractivity contribution in [2.45, 2.75) is 25.7 Å². The van der Waals surface area contributed by atoms with Gasteiger partial charge in [-0.2, -0.15) is 5.26 Å². The molecule has 0 unspecified atom stereocenters. The van der Waals surface area contributed by atoms with Gasteiger partial charge in [0.1, 0.15) is 0 Å². The van der Waals surface area contributed by atoms with Gasteiger partial charge < -0.3 is 0 Å². The zero-order valence-corrected chi connectivity index (χ0v) is 6.01. The second-order valence-corrected chi connectivity index (χ2v) is 2.49. The number of nitrogens with zero attached hydrogens (tertiary/aromatic N) is 1. The SMILES string of the molecule is N#CC=CC1=CCCCC1. The minimum Gasteiger partial charge on any atom is -0.193 e. The summed E-state index contributed by atoms with van der Waals surface area (Å²) in [7, 11) is 0. The van der Waals surface area contributed by atoms with E-state index in [1.54, 1.807) is 6.08 Å². The Labute approximate surface area is 61.7 Å². The maximum atomic E-state index is 8.23. The molecule has 10 heavy (non-hydrogen) atoms. The predicted molar refractivity (Wildman–Crippen MR) is 41.3 cm³/mol. The Morgan fingerprint density at radius 2 is 2.40 bits per heavy atom. The number of hydrogen-bond donors (Lipinski definition) is 0. The molecule has 0 aromatic rings. The van der Waals surface area contributed by atoms with Gasteiger partial charge in [0.25, 0.3) is 0 Å². The fraction of sp³-hybridized carbons (Fsp3) is 0.444. The van der Waals surface area contributed by atoms with Crippen LogP contribution in [0.4, 0.5) is 0 Å². The largest absolute Gasteiger partial charge is 0.193 e. The lowest BCUT2D eigenvalue weighted by molar-refractivity contribution is 0.712. The highest BCUT2D eigenvalue weighted by atomic mass is 14.2. The Balaban J connectivity index is 2.48. The zero-order chi connectivity index (χ0) is 7.23. The normalized spacial score (nSPS) is 18.5. The minimum atomic E-state index is 1.15. The summed E-state index contributed by atoms with van der Waals surface area (Å²) in [4.78, 5) is 0. The lowest BCUT2D eigenvalue weighted by Gasteiger charge is -2.06. The molecule has 0 heterocycles. The van der Waals surface area contributed by atoms with E-state index in [1.807, 2.05) is 12.1 Å². The highest BCUT2D eigenvalue weighted by Crippen LogP contribution is 2.17. The first-order valence-corrected chi connectivity index (χ1v) is 3.68. The molecule has 52 valence electrons. The summed E-state index contributed by atoms with van der Waals surface area (Å²) in [6.45, 7) is 0. The van der Waals surface area contributed by atoms with Crippen LogP contribution in [-0.4, -0.2) is 0 Å². The van der Waals surface area contributed by atoms with Crippen LogP contribution in [0.2, 0.25) is 0 Å². The van der Waals surface area contributed by atoms with Crippen molar-refractivity contribution in [1.82, 2.24) is 0 Å². The van der Waals surface area contributed by atoms with E-state index in [9.17, 15) is 0 Å². The molecule has 0 aliphatic heterocycles. The van der Waals surface area contributed by atoms with E-state index in [-0.39, 0.29) is 0 Å². The van der Waals surface area contributed by atoms with E-state index < -0.39 is 0 Å². The molecule has 1 heteroatoms. The average molecular weight is 133 g/mol. The van der Waals surface area contributed by atoms with E-state index in [4.69, 9.17) is 5.26 Å². The summed E-state index contributed by atoms with van der Waals surface area (Å²) in [5.74, 6) is 0. The highest BCUT2D eigenvalue weighted by molar-refractivity contribution is 5.23. The lowest BCUT2D eigenvalue weighted by atomic mass is 9.99. The van der Waals surface area contributed by atoms with Crippen LogP contribution in [0.3, 0.4) is 0 Å². The van der Waals surface area contributed by atoms with E-state index in [1.165, 1.54) is 24.8 Å². The average Bonchev–Trinajstić information content (AvgIpc) is 2.03. The van der Waals surface area contributed by atoms with Gasteiger partial charge in [0.05, 0.1) is 6.07 Å². The Morgan fingerprint density at radius 1 is 1.50 bits per heavy atom. The van der Waals surface area contributed by atoms with Gasteiger partial charge in [0, 0.05) is 6.08 Å². The number of rotatable bonds is 1. The first kappa shape index (κ1) is 7.08. The van der Waals surface area contributed by atoms with Crippen molar-refractivity contribution < 1.29 is 0 Å². The van der Waals surface area contributed by atoms with Gasteiger partial charge in [-0.25, -0.2) is 0 Å². The smallest absolute Gasteiger partial charge is 0.0912 e. The fourth-order valence-corrected chi connectivity index (χ4v) is 1.16. The molecule has 0 atom stereocenters. The molecule has 0 amide bonds. The van der Waals surface area contributed by atoms with Gasteiger partial charge >= 0.3 is 0 Å². The van der Waals surface area contributed by atoms with Gasteiger partial charge in [-0.05, 0) is 31.8 Å². The maximum absolute atomic E-state index is 8.23. The van der Waals surface area contributed by atoms with Crippen molar-refractivity contribution in [3.63, 3.8) is 0 Å². The molecule has 0 N–H and O–H groups in total. The van der Waals surface area contributed by atoms with Gasteiger partial charge in [-0.15, -0.1) is 0 Å². The van der Waals surface area contributed by atoms with Crippen molar-refractivity contribution in [3.05, 3.63) is 23.8 Å². The molecule has 1 aliphatic rings. The van der Waals surface area contributed by atoms with Crippen LogP contribution in [0.1, 0.15) is 25.7 Å². The Hall–Kier alpha value is -1.03. The van der Waals surface area contributed by atoms with Crippen LogP contribution < -0.4 is 0 Å². The van der Waals surface area contributed by atoms with Gasteiger partial charge in [0.2, 0.25) is 0 Å². The van der Waals surface area contributed by atoms with E-state index >= 15 is 0 Å². The van der Waals surface area contributed by atoms with Gasteiger partial charge in [0.15, 0.2) is 0 Å². The quantitative estimate of drug-likeness (QED) is 0.504. The Bertz CT molecular complexity index is 193. The van der Waals surface area contributed by atoms with Crippen LogP contribution >= 0.6 is 0 Å². The zero-order valence-electron chi connectivity index (χ0n) is 6.01. The molecule has 0 radical (unpaired) electrons. The molecule has 0 aromatic heterocycles. The van der Waals surface area contributed by atoms with Crippen molar-refractivity contribution in [2.24, 2.45) is 0 Å². The lowest BCUT2D eigenvalue weighted by Crippen LogP contribution is -1.87. The molecule has 1 aliphatic carbocycles. The number of nitriles is 1. The molecule has 0 saturated heterocycles. The summed E-state index contributed by atoms with van der Waals surface area (Å²) in [6, 6.07) is 1.99. The monoisotopic (exact) mass is 133 g/mol. The second-order valence-electron chi connectivity index (χ2n) is 2.49. The first-order chi connectivity index (χ1) is 4.93. The number of allylic oxidation sites excluding steroid dienone is 4. The Kier molecular flexibility index (Phi) is 2.76. The number of hydrogen-bond acceptors (Lipinski definition) is 1. The molecule has 0 spiro atoms. The minimum absolute atomic E-state index is 1.15. The summed E-state index contributed by atoms with van der Waals surface area (Å²) in [6.07, 6.45) is 10.6. The van der Waals surface area contributed by atoms with Crippen LogP contribution in [0.5, 0.6) is 0 Å². The van der Waals surface area contributed by atoms with E-state index in [0.717, 1.165) is 6.42 Å². The molecule has 1 rings (SSSR count). The third kappa shape index (κ3) is 2.06. The van der Waals surface area contributed by atoms with Crippen molar-refractivity contribution in [3.8, 4) is 6.07 Å². The molecule has 0 saturated carbocycles. The fourth-order valence-electron chi connectivity index (χ4n) is 1.16. The summed E-state index contributed by atoms with van der Waals surface area (Å²) >= 11 is 0. The highest BCUT2D eigenvalue weighted by Gasteiger charge is 1.98. The molecule has 0 fully saturated rings. The molecule has 1 nitrogen and oxygen atoms in total. The Morgan fingerprint density at radius 3 is 3.00 bits per heavy atom. The standard InChI is InChI=1S/C9H11N/c10-8-4-7-9-5-2-1-3-6-9/h4-5,7H,1-3,6H2. The van der Waals surface area contributed by atoms with Crippen LogP contribution in [0, 0.1) is 11.3 Å². The van der Waals surface area contributed by atoms with Crippen LogP contribution in [0.15, 0.2) is 23.8 Å². The topological polar surface area (TPSA) is 23.8 Å². The summed E-state index contributed by atoms with van der Waals surface area (Å²) in [5.41, 5.74) is 1.33. The van der Waals surface area contributed by atoms with Crippen LogP contribution in [-0.2, 0) is 0 Å². The molecular formula is C9H11N. The summed E-state index contributed by atoms with van der Waals surface area (Å²) < 4.78 is 0. The van der Waals surface area contributed by atoms with E-state index in [2.05, 4.69) is 6.08 Å². The third-order valence-corrected chi connectivity index (χ3v) is 1.70. The van der Waals surface area contributed by atoms with Gasteiger partial charge in [-0.3, -0.25) is 0 Å². The maximum Gasteiger partial charge on any atom is 0.0912 e. The van der Waals surface area contributed by atoms with Crippen molar-refractivity contribution in [2.75, 3.05) is 0 Å². The first-order valence-electron chi connectivity index (χ1n) is 3.68. The van der Waals surface area contributed by atoms with Crippen molar-refractivity contribution in [1.29, 1.82) is 5.26 Å². The summed E-state index contributed by atoms with van der Waals surface area (Å²) in [5, 5.41) is 8.23. The van der Waals surface area contributed by atoms with E-state index in [0.29, 0.717) is 0 Å². The van der Waals surface area contributed by atoms with Crippen molar-refractivity contribution >= 4 is 0 Å². The molecular weight excluding hydrogens is 122 g/mol. The molecule has 0 bridgehead atoms.